The van der Waals surface area contributed by atoms with Gasteiger partial charge in [0.25, 0.3) is 0 Å². The Labute approximate surface area is 93.6 Å². The maximum atomic E-state index is 12.5. The van der Waals surface area contributed by atoms with Gasteiger partial charge in [0.05, 0.1) is 6.10 Å². The first-order chi connectivity index (χ1) is 7.54. The molecule has 0 aromatic heterocycles. The van der Waals surface area contributed by atoms with E-state index in [0.29, 0.717) is 6.54 Å². The molecule has 0 aromatic carbocycles. The van der Waals surface area contributed by atoms with Crippen LogP contribution in [0.25, 0.3) is 0 Å². The van der Waals surface area contributed by atoms with Crippen LogP contribution in [0.3, 0.4) is 0 Å². The largest absolute Gasteiger partial charge is 0.391 e. The lowest BCUT2D eigenvalue weighted by atomic mass is 9.97. The summed E-state index contributed by atoms with van der Waals surface area (Å²) in [5, 5.41) is 12.0. The van der Waals surface area contributed by atoms with Gasteiger partial charge in [-0.2, -0.15) is 0 Å². The number of rotatable bonds is 3. The number of β-amino-alcohol motifs (C(OH)–C–C–N with tert-alkyl or cyclic N) is 1. The average Bonchev–Trinajstić information content (AvgIpc) is 2.24. The molecule has 0 aromatic rings. The van der Waals surface area contributed by atoms with Crippen molar-refractivity contribution in [3.8, 4) is 0 Å². The highest BCUT2D eigenvalue weighted by Gasteiger charge is 2.33. The van der Waals surface area contributed by atoms with Crippen molar-refractivity contribution in [1.29, 1.82) is 0 Å². The predicted octanol–water partition coefficient (Wildman–Crippen LogP) is 1.05. The molecule has 2 amide bonds. The van der Waals surface area contributed by atoms with Crippen LogP contribution in [0.5, 0.6) is 0 Å². The lowest BCUT2D eigenvalue weighted by Gasteiger charge is -2.35. The summed E-state index contributed by atoms with van der Waals surface area (Å²) in [4.78, 5) is 12.8. The first kappa shape index (κ1) is 13.2. The van der Waals surface area contributed by atoms with Crippen molar-refractivity contribution >= 4 is 6.03 Å². The van der Waals surface area contributed by atoms with Gasteiger partial charge in [0.15, 0.2) is 0 Å². The quantitative estimate of drug-likeness (QED) is 0.769. The Morgan fingerprint density at radius 3 is 2.81 bits per heavy atom. The molecule has 1 heterocycles. The van der Waals surface area contributed by atoms with Crippen LogP contribution in [0, 0.1) is 5.92 Å². The number of hydrogen-bond acceptors (Lipinski definition) is 2. The fourth-order valence-corrected chi connectivity index (χ4v) is 1.80. The highest BCUT2D eigenvalue weighted by Crippen LogP contribution is 2.22. The van der Waals surface area contributed by atoms with Gasteiger partial charge in [-0.05, 0) is 12.8 Å². The van der Waals surface area contributed by atoms with Crippen LogP contribution in [0.2, 0.25) is 0 Å². The number of nitrogens with one attached hydrogen (secondary N) is 1. The van der Waals surface area contributed by atoms with Crippen molar-refractivity contribution in [1.82, 2.24) is 10.2 Å². The minimum absolute atomic E-state index is 0.0181. The van der Waals surface area contributed by atoms with Crippen molar-refractivity contribution in [2.45, 2.75) is 32.3 Å². The van der Waals surface area contributed by atoms with Crippen molar-refractivity contribution in [3.63, 3.8) is 0 Å². The fourth-order valence-electron chi connectivity index (χ4n) is 1.80. The van der Waals surface area contributed by atoms with Crippen molar-refractivity contribution in [2.75, 3.05) is 19.6 Å². The Balaban J connectivity index is 2.49. The molecule has 0 bridgehead atoms. The van der Waals surface area contributed by atoms with Gasteiger partial charge in [-0.1, -0.05) is 6.92 Å². The minimum atomic E-state index is -2.49. The van der Waals surface area contributed by atoms with Crippen LogP contribution in [0.15, 0.2) is 0 Å². The molecule has 1 rings (SSSR count). The molecule has 1 aliphatic rings. The first-order valence-corrected chi connectivity index (χ1v) is 5.53. The topological polar surface area (TPSA) is 52.6 Å². The van der Waals surface area contributed by atoms with Gasteiger partial charge in [0.1, 0.15) is 0 Å². The van der Waals surface area contributed by atoms with Gasteiger partial charge >= 0.3 is 6.03 Å². The summed E-state index contributed by atoms with van der Waals surface area (Å²) in [6.07, 6.45) is -2.48. The van der Waals surface area contributed by atoms with Crippen LogP contribution in [0.4, 0.5) is 13.6 Å². The number of carbonyl (C=O) groups excluding carboxylic acids is 1. The summed E-state index contributed by atoms with van der Waals surface area (Å²) in [5.74, 6) is -0.920. The van der Waals surface area contributed by atoms with E-state index in [1.807, 2.05) is 6.92 Å². The number of halogens is 2. The zero-order valence-corrected chi connectivity index (χ0v) is 9.33. The van der Waals surface area contributed by atoms with E-state index in [1.165, 1.54) is 4.90 Å². The van der Waals surface area contributed by atoms with Crippen LogP contribution >= 0.6 is 0 Å². The van der Waals surface area contributed by atoms with Gasteiger partial charge in [-0.15, -0.1) is 0 Å². The number of alkyl halides is 2. The number of piperidine rings is 1. The molecule has 0 spiro atoms. The maximum Gasteiger partial charge on any atom is 0.317 e. The summed E-state index contributed by atoms with van der Waals surface area (Å²) in [5.41, 5.74) is 0. The number of aliphatic hydroxyl groups excluding tert-OH is 1. The minimum Gasteiger partial charge on any atom is -0.391 e. The molecule has 2 N–H and O–H groups in total. The van der Waals surface area contributed by atoms with Crippen LogP contribution in [-0.2, 0) is 0 Å². The monoisotopic (exact) mass is 236 g/mol. The van der Waals surface area contributed by atoms with Crippen molar-refractivity contribution < 1.29 is 18.7 Å². The second-order valence-corrected chi connectivity index (χ2v) is 4.12. The number of nitrogens with zero attached hydrogens (tertiary/aromatic N) is 1. The number of amides is 2. The summed E-state index contributed by atoms with van der Waals surface area (Å²) in [7, 11) is 0. The Bertz CT molecular complexity index is 239. The second-order valence-electron chi connectivity index (χ2n) is 4.12. The smallest absolute Gasteiger partial charge is 0.317 e. The molecule has 0 saturated carbocycles. The summed E-state index contributed by atoms with van der Waals surface area (Å²) < 4.78 is 25.0. The van der Waals surface area contributed by atoms with Gasteiger partial charge < -0.3 is 15.3 Å². The predicted molar refractivity (Wildman–Crippen MR) is 55.4 cm³/mol. The second kappa shape index (κ2) is 5.98. The molecule has 0 aliphatic carbocycles. The number of hydrogen-bond donors (Lipinski definition) is 2. The average molecular weight is 236 g/mol. The van der Waals surface area contributed by atoms with Gasteiger partial charge in [0.2, 0.25) is 6.43 Å². The molecule has 94 valence electrons. The molecule has 1 saturated heterocycles. The zero-order chi connectivity index (χ0) is 12.1. The Hall–Kier alpha value is -0.910. The van der Waals surface area contributed by atoms with E-state index in [4.69, 9.17) is 0 Å². The molecule has 6 heteroatoms. The van der Waals surface area contributed by atoms with E-state index >= 15 is 0 Å². The third-order valence-corrected chi connectivity index (χ3v) is 2.63. The van der Waals surface area contributed by atoms with E-state index in [9.17, 15) is 18.7 Å². The van der Waals surface area contributed by atoms with Gasteiger partial charge in [-0.25, -0.2) is 13.6 Å². The third kappa shape index (κ3) is 3.59. The van der Waals surface area contributed by atoms with Crippen molar-refractivity contribution in [2.24, 2.45) is 5.92 Å². The van der Waals surface area contributed by atoms with Crippen molar-refractivity contribution in [3.05, 3.63) is 0 Å². The molecule has 1 fully saturated rings. The highest BCUT2D eigenvalue weighted by atomic mass is 19.3. The van der Waals surface area contributed by atoms with E-state index in [-0.39, 0.29) is 25.5 Å². The van der Waals surface area contributed by atoms with Gasteiger partial charge in [-0.3, -0.25) is 0 Å². The standard InChI is InChI=1S/C10H18F2N2O2/c1-2-3-13-10(16)14-5-7(9(11)12)4-8(15)6-14/h7-9,15H,2-6H2,1H3,(H,13,16). The molecule has 16 heavy (non-hydrogen) atoms. The van der Waals surface area contributed by atoms with E-state index in [1.54, 1.807) is 0 Å². The summed E-state index contributed by atoms with van der Waals surface area (Å²) in [6.45, 7) is 2.58. The van der Waals surface area contributed by atoms with Crippen LogP contribution in [0.1, 0.15) is 19.8 Å². The van der Waals surface area contributed by atoms with E-state index < -0.39 is 18.4 Å². The van der Waals surface area contributed by atoms with Gasteiger partial charge in [0, 0.05) is 25.6 Å². The molecule has 1 aliphatic heterocycles. The summed E-state index contributed by atoms with van der Waals surface area (Å²) in [6, 6.07) is -0.369. The molecule has 4 nitrogen and oxygen atoms in total. The van der Waals surface area contributed by atoms with Crippen LogP contribution in [-0.4, -0.2) is 48.2 Å². The number of carbonyl (C=O) groups is 1. The zero-order valence-electron chi connectivity index (χ0n) is 9.33. The Kier molecular flexibility index (Phi) is 4.92. The lowest BCUT2D eigenvalue weighted by molar-refractivity contribution is -0.0130. The first-order valence-electron chi connectivity index (χ1n) is 5.53. The Morgan fingerprint density at radius 2 is 2.25 bits per heavy atom. The molecular weight excluding hydrogens is 218 g/mol. The molecule has 2 unspecified atom stereocenters. The summed E-state index contributed by atoms with van der Waals surface area (Å²) >= 11 is 0. The van der Waals surface area contributed by atoms with Crippen LogP contribution < -0.4 is 5.32 Å². The molecule has 0 radical (unpaired) electrons. The normalized spacial score (nSPS) is 25.9. The fraction of sp³-hybridized carbons (Fsp3) is 0.900. The Morgan fingerprint density at radius 1 is 1.56 bits per heavy atom. The number of aliphatic hydroxyl groups is 1. The van der Waals surface area contributed by atoms with E-state index in [2.05, 4.69) is 5.32 Å². The highest BCUT2D eigenvalue weighted by molar-refractivity contribution is 5.74. The number of likely N-dealkylation sites (tertiary alicyclic amines) is 1. The SMILES string of the molecule is CCCNC(=O)N1CC(O)CC(C(F)F)C1. The lowest BCUT2D eigenvalue weighted by Crippen LogP contribution is -2.51. The third-order valence-electron chi connectivity index (χ3n) is 2.63. The number of urea groups is 1. The molecular formula is C10H18F2N2O2. The van der Waals surface area contributed by atoms with E-state index in [0.717, 1.165) is 6.42 Å². The maximum absolute atomic E-state index is 12.5. The molecule has 2 atom stereocenters.